The molecular weight excluding hydrogens is 264 g/mol. The summed E-state index contributed by atoms with van der Waals surface area (Å²) in [6, 6.07) is 8.39. The highest BCUT2D eigenvalue weighted by molar-refractivity contribution is 5.98. The van der Waals surface area contributed by atoms with E-state index in [2.05, 4.69) is 46.3 Å². The van der Waals surface area contributed by atoms with E-state index in [0.29, 0.717) is 17.8 Å². The summed E-state index contributed by atoms with van der Waals surface area (Å²) < 4.78 is 1.56. The first-order chi connectivity index (χ1) is 10.2. The van der Waals surface area contributed by atoms with Crippen LogP contribution in [0.2, 0.25) is 0 Å². The SMILES string of the molecule is Cc1ccc([C@@H]2CC(=O)c3cn4ncnc4nc3C2)cc1. The van der Waals surface area contributed by atoms with Gasteiger partial charge in [-0.1, -0.05) is 29.8 Å². The number of ketones is 1. The van der Waals surface area contributed by atoms with Crippen molar-refractivity contribution in [3.05, 3.63) is 59.2 Å². The van der Waals surface area contributed by atoms with Crippen molar-refractivity contribution in [1.29, 1.82) is 0 Å². The van der Waals surface area contributed by atoms with Gasteiger partial charge in [0.2, 0.25) is 0 Å². The zero-order chi connectivity index (χ0) is 14.4. The van der Waals surface area contributed by atoms with Crippen LogP contribution in [0.25, 0.3) is 5.78 Å². The van der Waals surface area contributed by atoms with Gasteiger partial charge in [0, 0.05) is 12.6 Å². The maximum Gasteiger partial charge on any atom is 0.252 e. The molecule has 1 aromatic carbocycles. The van der Waals surface area contributed by atoms with E-state index in [1.807, 2.05) is 0 Å². The molecule has 0 saturated carbocycles. The second-order valence-corrected chi connectivity index (χ2v) is 5.54. The molecule has 2 heterocycles. The molecule has 3 aromatic rings. The van der Waals surface area contributed by atoms with Crippen molar-refractivity contribution in [3.8, 4) is 0 Å². The molecule has 4 rings (SSSR count). The predicted molar refractivity (Wildman–Crippen MR) is 77.4 cm³/mol. The summed E-state index contributed by atoms with van der Waals surface area (Å²) in [6.45, 7) is 2.06. The Morgan fingerprint density at radius 1 is 1.19 bits per heavy atom. The molecule has 104 valence electrons. The quantitative estimate of drug-likeness (QED) is 0.685. The Morgan fingerprint density at radius 3 is 2.81 bits per heavy atom. The largest absolute Gasteiger partial charge is 0.294 e. The molecule has 0 aliphatic heterocycles. The van der Waals surface area contributed by atoms with Gasteiger partial charge in [-0.15, -0.1) is 0 Å². The van der Waals surface area contributed by atoms with Crippen molar-refractivity contribution >= 4 is 11.6 Å². The zero-order valence-corrected chi connectivity index (χ0v) is 11.7. The van der Waals surface area contributed by atoms with Gasteiger partial charge in [0.05, 0.1) is 11.3 Å². The molecule has 5 nitrogen and oxygen atoms in total. The van der Waals surface area contributed by atoms with Crippen molar-refractivity contribution in [1.82, 2.24) is 19.6 Å². The number of Topliss-reactive ketones (excluding diaryl/α,β-unsaturated/α-hetero) is 1. The summed E-state index contributed by atoms with van der Waals surface area (Å²) >= 11 is 0. The van der Waals surface area contributed by atoms with Crippen LogP contribution < -0.4 is 0 Å². The highest BCUT2D eigenvalue weighted by atomic mass is 16.1. The van der Waals surface area contributed by atoms with E-state index in [-0.39, 0.29) is 11.7 Å². The molecule has 21 heavy (non-hydrogen) atoms. The fourth-order valence-electron chi connectivity index (χ4n) is 2.89. The fraction of sp³-hybridized carbons (Fsp3) is 0.250. The molecule has 0 radical (unpaired) electrons. The lowest BCUT2D eigenvalue weighted by molar-refractivity contribution is 0.0962. The summed E-state index contributed by atoms with van der Waals surface area (Å²) in [5.74, 6) is 0.876. The highest BCUT2D eigenvalue weighted by Crippen LogP contribution is 2.31. The fourth-order valence-corrected chi connectivity index (χ4v) is 2.89. The van der Waals surface area contributed by atoms with Gasteiger partial charge in [0.25, 0.3) is 5.78 Å². The molecule has 5 heteroatoms. The van der Waals surface area contributed by atoms with Crippen LogP contribution in [0, 0.1) is 6.92 Å². The standard InChI is InChI=1S/C16H14N4O/c1-10-2-4-11(5-3-10)12-6-14-13(15(21)7-12)8-20-16(19-14)17-9-18-20/h2-5,8-9,12H,6-7H2,1H3/t12-/m0/s1. The van der Waals surface area contributed by atoms with E-state index >= 15 is 0 Å². The molecule has 0 bridgehead atoms. The third-order valence-corrected chi connectivity index (χ3v) is 4.07. The van der Waals surface area contributed by atoms with Gasteiger partial charge in [-0.3, -0.25) is 4.79 Å². The Bertz CT molecular complexity index is 835. The lowest BCUT2D eigenvalue weighted by Crippen LogP contribution is -2.21. The topological polar surface area (TPSA) is 60.2 Å². The number of fused-ring (bicyclic) bond motifs is 2. The van der Waals surface area contributed by atoms with Gasteiger partial charge >= 0.3 is 0 Å². The van der Waals surface area contributed by atoms with Crippen molar-refractivity contribution in [2.45, 2.75) is 25.7 Å². The first-order valence-electron chi connectivity index (χ1n) is 7.00. The van der Waals surface area contributed by atoms with Crippen LogP contribution in [0.1, 0.15) is 39.5 Å². The normalized spacial score (nSPS) is 18.0. The summed E-state index contributed by atoms with van der Waals surface area (Å²) in [6.07, 6.45) is 4.50. The minimum absolute atomic E-state index is 0.131. The van der Waals surface area contributed by atoms with Crippen LogP contribution in [0.4, 0.5) is 0 Å². The Morgan fingerprint density at radius 2 is 2.00 bits per heavy atom. The van der Waals surface area contributed by atoms with Gasteiger partial charge in [0.15, 0.2) is 5.78 Å². The maximum absolute atomic E-state index is 12.4. The lowest BCUT2D eigenvalue weighted by Gasteiger charge is -2.23. The van der Waals surface area contributed by atoms with Crippen LogP contribution in [-0.4, -0.2) is 25.4 Å². The van der Waals surface area contributed by atoms with Gasteiger partial charge in [-0.25, -0.2) is 9.50 Å². The maximum atomic E-state index is 12.4. The third-order valence-electron chi connectivity index (χ3n) is 4.07. The first-order valence-corrected chi connectivity index (χ1v) is 7.00. The Balaban J connectivity index is 1.76. The van der Waals surface area contributed by atoms with Gasteiger partial charge < -0.3 is 0 Å². The zero-order valence-electron chi connectivity index (χ0n) is 11.7. The number of aromatic nitrogens is 4. The van der Waals surface area contributed by atoms with Crippen molar-refractivity contribution in [3.63, 3.8) is 0 Å². The molecule has 0 saturated heterocycles. The smallest absolute Gasteiger partial charge is 0.252 e. The number of hydrogen-bond donors (Lipinski definition) is 0. The number of rotatable bonds is 1. The molecule has 1 aliphatic carbocycles. The molecule has 0 unspecified atom stereocenters. The molecule has 1 aliphatic rings. The Labute approximate surface area is 121 Å². The monoisotopic (exact) mass is 278 g/mol. The molecule has 1 atom stereocenters. The summed E-state index contributed by atoms with van der Waals surface area (Å²) in [7, 11) is 0. The highest BCUT2D eigenvalue weighted by Gasteiger charge is 2.28. The van der Waals surface area contributed by atoms with E-state index in [4.69, 9.17) is 0 Å². The number of benzene rings is 1. The lowest BCUT2D eigenvalue weighted by atomic mass is 9.82. The molecular formula is C16H14N4O. The van der Waals surface area contributed by atoms with Crippen LogP contribution in [0.3, 0.4) is 0 Å². The van der Waals surface area contributed by atoms with E-state index in [1.165, 1.54) is 17.5 Å². The summed E-state index contributed by atoms with van der Waals surface area (Å²) in [4.78, 5) is 21.0. The summed E-state index contributed by atoms with van der Waals surface area (Å²) in [5, 5.41) is 4.04. The van der Waals surface area contributed by atoms with Crippen molar-refractivity contribution < 1.29 is 4.79 Å². The van der Waals surface area contributed by atoms with Crippen LogP contribution in [0.15, 0.2) is 36.8 Å². The predicted octanol–water partition coefficient (Wildman–Crippen LogP) is 2.35. The first kappa shape index (κ1) is 12.2. The van der Waals surface area contributed by atoms with Gasteiger partial charge in [-0.2, -0.15) is 10.1 Å². The Kier molecular flexibility index (Phi) is 2.60. The Hall–Kier alpha value is -2.56. The van der Waals surface area contributed by atoms with E-state index in [9.17, 15) is 4.79 Å². The van der Waals surface area contributed by atoms with E-state index in [1.54, 1.807) is 10.7 Å². The van der Waals surface area contributed by atoms with E-state index in [0.717, 1.165) is 12.1 Å². The third kappa shape index (κ3) is 2.01. The number of carbonyl (C=O) groups is 1. The molecule has 2 aromatic heterocycles. The van der Waals surface area contributed by atoms with E-state index < -0.39 is 0 Å². The second kappa shape index (κ2) is 4.48. The minimum atomic E-state index is 0.131. The number of carbonyl (C=O) groups excluding carboxylic acids is 1. The van der Waals surface area contributed by atoms with Gasteiger partial charge in [-0.05, 0) is 24.8 Å². The molecule has 0 amide bonds. The second-order valence-electron chi connectivity index (χ2n) is 5.54. The summed E-state index contributed by atoms with van der Waals surface area (Å²) in [5.41, 5.74) is 3.93. The number of aryl methyl sites for hydroxylation is 1. The van der Waals surface area contributed by atoms with Gasteiger partial charge in [0.1, 0.15) is 6.33 Å². The minimum Gasteiger partial charge on any atom is -0.294 e. The molecule has 0 fully saturated rings. The van der Waals surface area contributed by atoms with Crippen LogP contribution in [0.5, 0.6) is 0 Å². The van der Waals surface area contributed by atoms with Crippen LogP contribution >= 0.6 is 0 Å². The van der Waals surface area contributed by atoms with Crippen molar-refractivity contribution in [2.75, 3.05) is 0 Å². The van der Waals surface area contributed by atoms with Crippen LogP contribution in [-0.2, 0) is 6.42 Å². The average Bonchev–Trinajstić information content (AvgIpc) is 2.93. The molecule has 0 spiro atoms. The molecule has 0 N–H and O–H groups in total. The number of hydrogen-bond acceptors (Lipinski definition) is 4. The van der Waals surface area contributed by atoms with Crippen molar-refractivity contribution in [2.24, 2.45) is 0 Å². The average molecular weight is 278 g/mol. The number of nitrogens with zero attached hydrogens (tertiary/aromatic N) is 4.